The Bertz CT molecular complexity index is 223. The standard InChI is InChI=1S/C15H30N2/c1-4-17(13-7-5-6-8-13)15-12(3)9-11(2)10-14(15)16/h11-15H,4-10,16H2,1-3H3. The van der Waals surface area contributed by atoms with E-state index in [2.05, 4.69) is 25.7 Å². The SMILES string of the molecule is CCN(C1CCCC1)C1C(C)CC(C)CC1N. The van der Waals surface area contributed by atoms with E-state index in [0.717, 1.165) is 17.9 Å². The monoisotopic (exact) mass is 238 g/mol. The first-order valence-electron chi connectivity index (χ1n) is 7.64. The molecule has 2 aliphatic carbocycles. The molecule has 4 unspecified atom stereocenters. The highest BCUT2D eigenvalue weighted by atomic mass is 15.2. The van der Waals surface area contributed by atoms with Gasteiger partial charge in [0.1, 0.15) is 0 Å². The largest absolute Gasteiger partial charge is 0.326 e. The van der Waals surface area contributed by atoms with Gasteiger partial charge in [0.25, 0.3) is 0 Å². The van der Waals surface area contributed by atoms with Gasteiger partial charge >= 0.3 is 0 Å². The maximum atomic E-state index is 6.46. The van der Waals surface area contributed by atoms with Crippen molar-refractivity contribution < 1.29 is 0 Å². The Morgan fingerprint density at radius 2 is 1.76 bits per heavy atom. The van der Waals surface area contributed by atoms with Gasteiger partial charge in [0.2, 0.25) is 0 Å². The Morgan fingerprint density at radius 1 is 1.12 bits per heavy atom. The van der Waals surface area contributed by atoms with Crippen molar-refractivity contribution in [1.82, 2.24) is 4.90 Å². The van der Waals surface area contributed by atoms with Crippen LogP contribution in [0.25, 0.3) is 0 Å². The van der Waals surface area contributed by atoms with E-state index in [0.29, 0.717) is 12.1 Å². The molecule has 17 heavy (non-hydrogen) atoms. The van der Waals surface area contributed by atoms with Crippen LogP contribution in [-0.2, 0) is 0 Å². The molecule has 0 heterocycles. The van der Waals surface area contributed by atoms with Crippen LogP contribution in [0.15, 0.2) is 0 Å². The second-order valence-corrected chi connectivity index (χ2v) is 6.48. The third-order valence-corrected chi connectivity index (χ3v) is 5.01. The molecule has 2 fully saturated rings. The van der Waals surface area contributed by atoms with Gasteiger partial charge in [-0.2, -0.15) is 0 Å². The molecule has 2 heteroatoms. The fourth-order valence-corrected chi connectivity index (χ4v) is 4.42. The summed E-state index contributed by atoms with van der Waals surface area (Å²) in [7, 11) is 0. The molecule has 0 radical (unpaired) electrons. The van der Waals surface area contributed by atoms with Gasteiger partial charge in [0, 0.05) is 18.1 Å². The van der Waals surface area contributed by atoms with Gasteiger partial charge in [-0.15, -0.1) is 0 Å². The summed E-state index contributed by atoms with van der Waals surface area (Å²) in [4.78, 5) is 2.74. The Morgan fingerprint density at radius 3 is 2.29 bits per heavy atom. The van der Waals surface area contributed by atoms with Crippen LogP contribution in [0.3, 0.4) is 0 Å². The number of likely N-dealkylation sites (N-methyl/N-ethyl adjacent to an activating group) is 1. The molecule has 4 atom stereocenters. The van der Waals surface area contributed by atoms with Gasteiger partial charge in [0.05, 0.1) is 0 Å². The molecule has 0 spiro atoms. The van der Waals surface area contributed by atoms with Crippen molar-refractivity contribution in [3.63, 3.8) is 0 Å². The molecular weight excluding hydrogens is 208 g/mol. The van der Waals surface area contributed by atoms with Crippen molar-refractivity contribution in [2.75, 3.05) is 6.54 Å². The number of nitrogens with two attached hydrogens (primary N) is 1. The number of hydrogen-bond acceptors (Lipinski definition) is 2. The molecule has 2 N–H and O–H groups in total. The van der Waals surface area contributed by atoms with Gasteiger partial charge in [-0.25, -0.2) is 0 Å². The summed E-state index contributed by atoms with van der Waals surface area (Å²) >= 11 is 0. The first-order chi connectivity index (χ1) is 8.13. The van der Waals surface area contributed by atoms with Crippen molar-refractivity contribution in [2.24, 2.45) is 17.6 Å². The highest BCUT2D eigenvalue weighted by molar-refractivity contribution is 4.95. The minimum Gasteiger partial charge on any atom is -0.326 e. The van der Waals surface area contributed by atoms with Gasteiger partial charge in [-0.3, -0.25) is 4.90 Å². The zero-order valence-electron chi connectivity index (χ0n) is 11.9. The highest BCUT2D eigenvalue weighted by Crippen LogP contribution is 2.35. The maximum Gasteiger partial charge on any atom is 0.0275 e. The van der Waals surface area contributed by atoms with E-state index in [1.807, 2.05) is 0 Å². The number of hydrogen-bond donors (Lipinski definition) is 1. The second-order valence-electron chi connectivity index (χ2n) is 6.48. The Hall–Kier alpha value is -0.0800. The molecule has 0 amide bonds. The quantitative estimate of drug-likeness (QED) is 0.819. The predicted octanol–water partition coefficient (Wildman–Crippen LogP) is 3.01. The zero-order valence-corrected chi connectivity index (χ0v) is 11.9. The topological polar surface area (TPSA) is 29.3 Å². The molecule has 0 saturated heterocycles. The Kier molecular flexibility index (Phi) is 4.48. The lowest BCUT2D eigenvalue weighted by molar-refractivity contribution is 0.0470. The van der Waals surface area contributed by atoms with Gasteiger partial charge in [-0.1, -0.05) is 33.6 Å². The molecule has 2 aliphatic rings. The third-order valence-electron chi connectivity index (χ3n) is 5.01. The highest BCUT2D eigenvalue weighted by Gasteiger charge is 2.38. The lowest BCUT2D eigenvalue weighted by atomic mass is 9.75. The Balaban J connectivity index is 2.06. The van der Waals surface area contributed by atoms with E-state index < -0.39 is 0 Å². The van der Waals surface area contributed by atoms with Crippen LogP contribution in [0.2, 0.25) is 0 Å². The summed E-state index contributed by atoms with van der Waals surface area (Å²) in [5, 5.41) is 0. The Labute approximate surface area is 107 Å². The molecule has 2 rings (SSSR count). The van der Waals surface area contributed by atoms with Gasteiger partial charge < -0.3 is 5.73 Å². The minimum atomic E-state index is 0.397. The molecule has 100 valence electrons. The number of nitrogens with zero attached hydrogens (tertiary/aromatic N) is 1. The van der Waals surface area contributed by atoms with Crippen LogP contribution in [0.4, 0.5) is 0 Å². The summed E-state index contributed by atoms with van der Waals surface area (Å²) in [5.41, 5.74) is 6.46. The molecule has 0 aliphatic heterocycles. The summed E-state index contributed by atoms with van der Waals surface area (Å²) in [6.07, 6.45) is 8.24. The molecule has 0 aromatic carbocycles. The van der Waals surface area contributed by atoms with Gasteiger partial charge in [-0.05, 0) is 44.1 Å². The van der Waals surface area contributed by atoms with Crippen molar-refractivity contribution in [1.29, 1.82) is 0 Å². The van der Waals surface area contributed by atoms with E-state index in [4.69, 9.17) is 5.73 Å². The summed E-state index contributed by atoms with van der Waals surface area (Å²) in [6, 6.07) is 1.86. The molecule has 0 aromatic heterocycles. The van der Waals surface area contributed by atoms with Crippen molar-refractivity contribution in [3.05, 3.63) is 0 Å². The van der Waals surface area contributed by atoms with E-state index in [1.165, 1.54) is 45.1 Å². The molecule has 2 nitrogen and oxygen atoms in total. The average molecular weight is 238 g/mol. The van der Waals surface area contributed by atoms with E-state index in [-0.39, 0.29) is 0 Å². The van der Waals surface area contributed by atoms with E-state index >= 15 is 0 Å². The van der Waals surface area contributed by atoms with Crippen molar-refractivity contribution in [3.8, 4) is 0 Å². The minimum absolute atomic E-state index is 0.397. The normalized spacial score (nSPS) is 40.1. The lowest BCUT2D eigenvalue weighted by Gasteiger charge is -2.46. The lowest BCUT2D eigenvalue weighted by Crippen LogP contribution is -2.57. The van der Waals surface area contributed by atoms with E-state index in [1.54, 1.807) is 0 Å². The van der Waals surface area contributed by atoms with Crippen molar-refractivity contribution >= 4 is 0 Å². The summed E-state index contributed by atoms with van der Waals surface area (Å²) in [6.45, 7) is 8.27. The van der Waals surface area contributed by atoms with E-state index in [9.17, 15) is 0 Å². The zero-order chi connectivity index (χ0) is 12.4. The fourth-order valence-electron chi connectivity index (χ4n) is 4.42. The molecule has 0 aromatic rings. The predicted molar refractivity (Wildman–Crippen MR) is 74.0 cm³/mol. The van der Waals surface area contributed by atoms with Crippen LogP contribution < -0.4 is 5.73 Å². The average Bonchev–Trinajstić information content (AvgIpc) is 2.76. The second kappa shape index (κ2) is 5.71. The smallest absolute Gasteiger partial charge is 0.0275 e. The number of rotatable bonds is 3. The van der Waals surface area contributed by atoms with Crippen LogP contribution >= 0.6 is 0 Å². The third kappa shape index (κ3) is 2.85. The maximum absolute atomic E-state index is 6.46. The molecule has 2 saturated carbocycles. The van der Waals surface area contributed by atoms with Crippen LogP contribution in [-0.4, -0.2) is 29.6 Å². The summed E-state index contributed by atoms with van der Waals surface area (Å²) < 4.78 is 0. The molecule has 0 bridgehead atoms. The van der Waals surface area contributed by atoms with Crippen LogP contribution in [0, 0.1) is 11.8 Å². The van der Waals surface area contributed by atoms with Crippen LogP contribution in [0.5, 0.6) is 0 Å². The summed E-state index contributed by atoms with van der Waals surface area (Å²) in [5.74, 6) is 1.59. The van der Waals surface area contributed by atoms with Crippen molar-refractivity contribution in [2.45, 2.75) is 77.4 Å². The first kappa shape index (κ1) is 13.4. The fraction of sp³-hybridized carbons (Fsp3) is 1.00. The van der Waals surface area contributed by atoms with Crippen LogP contribution in [0.1, 0.15) is 59.3 Å². The van der Waals surface area contributed by atoms with Gasteiger partial charge in [0.15, 0.2) is 0 Å². The molecular formula is C15H30N2. The first-order valence-corrected chi connectivity index (χ1v) is 7.64.